The number of aromatic nitrogens is 1. The Bertz CT molecular complexity index is 1130. The van der Waals surface area contributed by atoms with Crippen molar-refractivity contribution in [3.05, 3.63) is 95.2 Å². The molecule has 4 aromatic rings. The first-order valence-corrected chi connectivity index (χ1v) is 10.00. The minimum Gasteiger partial charge on any atom is -0.497 e. The third kappa shape index (κ3) is 5.29. The van der Waals surface area contributed by atoms with Crippen LogP contribution in [-0.2, 0) is 6.42 Å². The molecule has 0 amide bonds. The number of carbonyl (C=O) groups is 1. The number of aromatic amines is 1. The molecule has 3 aromatic carbocycles. The fraction of sp³-hybridized carbons (Fsp3) is 0.192. The Morgan fingerprint density at radius 2 is 1.63 bits per heavy atom. The van der Waals surface area contributed by atoms with E-state index in [1.54, 1.807) is 19.2 Å². The third-order valence-electron chi connectivity index (χ3n) is 4.88. The van der Waals surface area contributed by atoms with Gasteiger partial charge in [-0.25, -0.2) is 4.79 Å². The smallest absolute Gasteiger partial charge is 0.343 e. The number of fused-ring (bicyclic) bond motifs is 1. The van der Waals surface area contributed by atoms with E-state index in [0.717, 1.165) is 17.7 Å². The van der Waals surface area contributed by atoms with Gasteiger partial charge in [-0.3, -0.25) is 0 Å². The highest BCUT2D eigenvalue weighted by molar-refractivity contribution is 5.91. The predicted octanol–water partition coefficient (Wildman–Crippen LogP) is 6.26. The van der Waals surface area contributed by atoms with Crippen LogP contribution in [-0.4, -0.2) is 18.1 Å². The Morgan fingerprint density at radius 3 is 2.33 bits per heavy atom. The van der Waals surface area contributed by atoms with Crippen LogP contribution in [0.3, 0.4) is 0 Å². The number of nitrogens with one attached hydrogen (secondary N) is 1. The van der Waals surface area contributed by atoms with Crippen molar-refractivity contribution in [1.82, 2.24) is 4.98 Å². The molecule has 1 N–H and O–H groups in total. The average molecular weight is 402 g/mol. The highest BCUT2D eigenvalue weighted by atomic mass is 16.5. The second-order valence-electron chi connectivity index (χ2n) is 7.10. The largest absolute Gasteiger partial charge is 0.497 e. The van der Waals surface area contributed by atoms with Crippen LogP contribution in [0.4, 0.5) is 0 Å². The Kier molecular flexibility index (Phi) is 6.91. The van der Waals surface area contributed by atoms with Crippen LogP contribution in [0.1, 0.15) is 34.1 Å². The summed E-state index contributed by atoms with van der Waals surface area (Å²) in [6.45, 7) is 6.19. The first-order valence-electron chi connectivity index (χ1n) is 10.00. The molecule has 0 unspecified atom stereocenters. The zero-order chi connectivity index (χ0) is 21.5. The molecule has 4 rings (SSSR count). The summed E-state index contributed by atoms with van der Waals surface area (Å²) < 4.78 is 10.5. The Hall–Kier alpha value is -3.53. The van der Waals surface area contributed by atoms with Crippen molar-refractivity contribution >= 4 is 16.9 Å². The van der Waals surface area contributed by atoms with Crippen molar-refractivity contribution < 1.29 is 14.3 Å². The lowest BCUT2D eigenvalue weighted by Gasteiger charge is -2.08. The van der Waals surface area contributed by atoms with E-state index in [4.69, 9.17) is 9.47 Å². The molecule has 0 bridgehead atoms. The molecule has 4 nitrogen and oxygen atoms in total. The third-order valence-corrected chi connectivity index (χ3v) is 4.88. The molecule has 0 atom stereocenters. The van der Waals surface area contributed by atoms with Gasteiger partial charge in [-0.1, -0.05) is 31.2 Å². The van der Waals surface area contributed by atoms with Crippen LogP contribution >= 0.6 is 0 Å². The number of esters is 1. The van der Waals surface area contributed by atoms with Gasteiger partial charge in [0.25, 0.3) is 0 Å². The molecule has 1 aromatic heterocycles. The zero-order valence-corrected chi connectivity index (χ0v) is 17.9. The molecular formula is C26H27NO3. The summed E-state index contributed by atoms with van der Waals surface area (Å²) in [5.41, 5.74) is 5.33. The number of ether oxygens (including phenoxy) is 2. The molecule has 4 heteroatoms. The summed E-state index contributed by atoms with van der Waals surface area (Å²) in [4.78, 5) is 15.1. The van der Waals surface area contributed by atoms with E-state index in [0.29, 0.717) is 11.3 Å². The Balaban J connectivity index is 0.000000184. The summed E-state index contributed by atoms with van der Waals surface area (Å²) in [6, 6.07) is 22.9. The van der Waals surface area contributed by atoms with Gasteiger partial charge in [-0.2, -0.15) is 0 Å². The monoisotopic (exact) mass is 401 g/mol. The Morgan fingerprint density at radius 1 is 0.900 bits per heavy atom. The molecule has 0 fully saturated rings. The fourth-order valence-corrected chi connectivity index (χ4v) is 3.22. The van der Waals surface area contributed by atoms with Gasteiger partial charge in [-0.15, -0.1) is 0 Å². The van der Waals surface area contributed by atoms with E-state index < -0.39 is 0 Å². The molecule has 0 aliphatic carbocycles. The fourth-order valence-electron chi connectivity index (χ4n) is 3.22. The maximum atomic E-state index is 11.9. The quantitative estimate of drug-likeness (QED) is 0.324. The summed E-state index contributed by atoms with van der Waals surface area (Å²) in [5.74, 6) is 1.19. The zero-order valence-electron chi connectivity index (χ0n) is 17.9. The summed E-state index contributed by atoms with van der Waals surface area (Å²) in [6.07, 6.45) is 0.933. The normalized spacial score (nSPS) is 10.3. The number of hydrogen-bond acceptors (Lipinski definition) is 3. The van der Waals surface area contributed by atoms with Crippen molar-refractivity contribution in [1.29, 1.82) is 0 Å². The molecular weight excluding hydrogens is 374 g/mol. The first kappa shape index (κ1) is 21.2. The maximum absolute atomic E-state index is 11.9. The van der Waals surface area contributed by atoms with Gasteiger partial charge in [0.15, 0.2) is 0 Å². The van der Waals surface area contributed by atoms with E-state index >= 15 is 0 Å². The molecule has 0 radical (unpaired) electrons. The lowest BCUT2D eigenvalue weighted by Crippen LogP contribution is -2.08. The van der Waals surface area contributed by atoms with Gasteiger partial charge in [0, 0.05) is 16.6 Å². The topological polar surface area (TPSA) is 51.3 Å². The highest BCUT2D eigenvalue weighted by Gasteiger charge is 2.08. The lowest BCUT2D eigenvalue weighted by molar-refractivity contribution is 0.0734. The van der Waals surface area contributed by atoms with Gasteiger partial charge < -0.3 is 14.5 Å². The van der Waals surface area contributed by atoms with Gasteiger partial charge in [0.1, 0.15) is 11.5 Å². The first-order chi connectivity index (χ1) is 14.5. The number of H-pyrrole nitrogens is 1. The molecule has 154 valence electrons. The number of carbonyl (C=O) groups excluding carboxylic acids is 1. The SMILES string of the molecule is CCc1cc(OC(=O)c2ccccc2)ccc1C.COc1ccc2[nH]c(C)cc2c1. The number of hydrogen-bond donors (Lipinski definition) is 1. The van der Waals surface area contributed by atoms with Gasteiger partial charge in [0.05, 0.1) is 12.7 Å². The second-order valence-corrected chi connectivity index (χ2v) is 7.10. The molecule has 0 aliphatic rings. The number of methoxy groups -OCH3 is 1. The molecule has 1 heterocycles. The van der Waals surface area contributed by atoms with Crippen molar-refractivity contribution in [2.24, 2.45) is 0 Å². The van der Waals surface area contributed by atoms with Crippen LogP contribution in [0, 0.1) is 13.8 Å². The van der Waals surface area contributed by atoms with Crippen LogP contribution in [0.5, 0.6) is 11.5 Å². The Labute approximate surface area is 177 Å². The standard InChI is InChI=1S/C16H16O2.C10H11NO/c1-3-13-11-15(10-9-12(13)2)18-16(17)14-7-5-4-6-8-14;1-7-5-8-6-9(12-2)3-4-10(8)11-7/h4-11H,3H2,1-2H3;3-6,11H,1-2H3. The van der Waals surface area contributed by atoms with E-state index in [1.165, 1.54) is 22.2 Å². The minimum atomic E-state index is -0.318. The van der Waals surface area contributed by atoms with Crippen molar-refractivity contribution in [2.75, 3.05) is 7.11 Å². The van der Waals surface area contributed by atoms with Crippen molar-refractivity contribution in [3.8, 4) is 11.5 Å². The number of aryl methyl sites for hydroxylation is 3. The predicted molar refractivity (Wildman–Crippen MR) is 122 cm³/mol. The molecule has 30 heavy (non-hydrogen) atoms. The van der Waals surface area contributed by atoms with E-state index in [2.05, 4.69) is 24.9 Å². The second kappa shape index (κ2) is 9.79. The summed E-state index contributed by atoms with van der Waals surface area (Å²) in [7, 11) is 1.68. The molecule has 0 aliphatic heterocycles. The van der Waals surface area contributed by atoms with Crippen molar-refractivity contribution in [2.45, 2.75) is 27.2 Å². The van der Waals surface area contributed by atoms with Crippen LogP contribution in [0.25, 0.3) is 10.9 Å². The maximum Gasteiger partial charge on any atom is 0.343 e. The van der Waals surface area contributed by atoms with Gasteiger partial charge >= 0.3 is 5.97 Å². The van der Waals surface area contributed by atoms with Crippen LogP contribution in [0.15, 0.2) is 72.8 Å². The average Bonchev–Trinajstić information content (AvgIpc) is 3.15. The highest BCUT2D eigenvalue weighted by Crippen LogP contribution is 2.21. The molecule has 0 spiro atoms. The van der Waals surface area contributed by atoms with Gasteiger partial charge in [0.2, 0.25) is 0 Å². The minimum absolute atomic E-state index is 0.318. The lowest BCUT2D eigenvalue weighted by atomic mass is 10.1. The van der Waals surface area contributed by atoms with E-state index in [9.17, 15) is 4.79 Å². The molecule has 0 saturated carbocycles. The number of rotatable bonds is 4. The van der Waals surface area contributed by atoms with E-state index in [-0.39, 0.29) is 5.97 Å². The van der Waals surface area contributed by atoms with Gasteiger partial charge in [-0.05, 0) is 79.9 Å². The van der Waals surface area contributed by atoms with E-state index in [1.807, 2.05) is 61.5 Å². The summed E-state index contributed by atoms with van der Waals surface area (Å²) >= 11 is 0. The number of benzene rings is 3. The van der Waals surface area contributed by atoms with Crippen molar-refractivity contribution in [3.63, 3.8) is 0 Å². The molecule has 0 saturated heterocycles. The van der Waals surface area contributed by atoms with Crippen LogP contribution in [0.2, 0.25) is 0 Å². The summed E-state index contributed by atoms with van der Waals surface area (Å²) in [5, 5.41) is 1.20. The van der Waals surface area contributed by atoms with Crippen LogP contribution < -0.4 is 9.47 Å².